The van der Waals surface area contributed by atoms with Gasteiger partial charge < -0.3 is 5.32 Å². The topological polar surface area (TPSA) is 62.3 Å². The molecule has 1 N–H and O–H groups in total. The highest BCUT2D eigenvalue weighted by Gasteiger charge is 2.32. The molecule has 1 aromatic carbocycles. The van der Waals surface area contributed by atoms with Crippen LogP contribution >= 0.6 is 0 Å². The number of rotatable bonds is 4. The van der Waals surface area contributed by atoms with E-state index in [4.69, 9.17) is 0 Å². The van der Waals surface area contributed by atoms with Gasteiger partial charge in [-0.1, -0.05) is 6.07 Å². The van der Waals surface area contributed by atoms with Gasteiger partial charge in [0.2, 0.25) is 10.0 Å². The van der Waals surface area contributed by atoms with Gasteiger partial charge in [-0.15, -0.1) is 0 Å². The molecule has 1 aliphatic heterocycles. The van der Waals surface area contributed by atoms with Crippen molar-refractivity contribution < 1.29 is 12.8 Å². The normalized spacial score (nSPS) is 19.2. The zero-order valence-corrected chi connectivity index (χ0v) is 12.6. The Morgan fingerprint density at radius 2 is 2.14 bits per heavy atom. The first kappa shape index (κ1) is 14.9. The zero-order valence-electron chi connectivity index (χ0n) is 11.8. The lowest BCUT2D eigenvalue weighted by Gasteiger charge is -2.17. The highest BCUT2D eigenvalue weighted by atomic mass is 32.2. The Morgan fingerprint density at radius 1 is 1.27 bits per heavy atom. The number of aromatic nitrogens is 1. The summed E-state index contributed by atoms with van der Waals surface area (Å²) in [4.78, 5) is 4.01. The number of hydrogen-bond donors (Lipinski definition) is 1. The summed E-state index contributed by atoms with van der Waals surface area (Å²) >= 11 is 0. The van der Waals surface area contributed by atoms with Crippen molar-refractivity contribution in [2.45, 2.75) is 17.4 Å². The predicted molar refractivity (Wildman–Crippen MR) is 81.4 cm³/mol. The molecule has 0 saturated carbocycles. The second kappa shape index (κ2) is 6.02. The van der Waals surface area contributed by atoms with Gasteiger partial charge >= 0.3 is 0 Å². The third-order valence-corrected chi connectivity index (χ3v) is 5.48. The molecular formula is C15H16FN3O2S. The van der Waals surface area contributed by atoms with Crippen LogP contribution in [0.3, 0.4) is 0 Å². The summed E-state index contributed by atoms with van der Waals surface area (Å²) in [6, 6.07) is 8.83. The van der Waals surface area contributed by atoms with Crippen LogP contribution in [0.5, 0.6) is 0 Å². The summed E-state index contributed by atoms with van der Waals surface area (Å²) in [5.74, 6) is -0.551. The molecule has 0 radical (unpaired) electrons. The molecule has 5 nitrogen and oxygen atoms in total. The lowest BCUT2D eigenvalue weighted by molar-refractivity contribution is 0.473. The first-order chi connectivity index (χ1) is 10.6. The Kier molecular flexibility index (Phi) is 4.08. The highest BCUT2D eigenvalue weighted by Crippen LogP contribution is 2.23. The van der Waals surface area contributed by atoms with Crippen molar-refractivity contribution >= 4 is 15.7 Å². The molecule has 0 aliphatic carbocycles. The van der Waals surface area contributed by atoms with Crippen molar-refractivity contribution in [3.05, 3.63) is 54.6 Å². The molecule has 3 rings (SSSR count). The molecule has 22 heavy (non-hydrogen) atoms. The number of halogens is 1. The lowest BCUT2D eigenvalue weighted by Crippen LogP contribution is -2.31. The SMILES string of the molecule is O=S(=O)(c1cccc(F)c1)N1CCC(Nc2cccnc2)C1. The van der Waals surface area contributed by atoms with Crippen molar-refractivity contribution in [1.82, 2.24) is 9.29 Å². The minimum atomic E-state index is -3.65. The zero-order chi connectivity index (χ0) is 15.6. The summed E-state index contributed by atoms with van der Waals surface area (Å²) in [7, 11) is -3.65. The molecule has 116 valence electrons. The molecule has 2 heterocycles. The van der Waals surface area contributed by atoms with Gasteiger partial charge in [-0.25, -0.2) is 12.8 Å². The van der Waals surface area contributed by atoms with E-state index in [1.165, 1.54) is 22.5 Å². The third-order valence-electron chi connectivity index (χ3n) is 3.62. The molecule has 1 fully saturated rings. The molecule has 1 atom stereocenters. The number of benzene rings is 1. The Labute approximate surface area is 128 Å². The van der Waals surface area contributed by atoms with Crippen molar-refractivity contribution in [2.75, 3.05) is 18.4 Å². The van der Waals surface area contributed by atoms with Gasteiger partial charge in [0.25, 0.3) is 0 Å². The second-order valence-corrected chi connectivity index (χ2v) is 7.13. The molecule has 0 spiro atoms. The summed E-state index contributed by atoms with van der Waals surface area (Å²) < 4.78 is 39.6. The molecule has 0 amide bonds. The van der Waals surface area contributed by atoms with Gasteiger partial charge in [0.15, 0.2) is 0 Å². The number of sulfonamides is 1. The molecule has 1 unspecified atom stereocenters. The molecule has 0 bridgehead atoms. The average molecular weight is 321 g/mol. The van der Waals surface area contributed by atoms with Gasteiger partial charge in [0.1, 0.15) is 5.82 Å². The van der Waals surface area contributed by atoms with E-state index < -0.39 is 15.8 Å². The summed E-state index contributed by atoms with van der Waals surface area (Å²) in [5, 5.41) is 3.26. The van der Waals surface area contributed by atoms with Crippen LogP contribution in [-0.4, -0.2) is 36.8 Å². The number of nitrogens with zero attached hydrogens (tertiary/aromatic N) is 2. The summed E-state index contributed by atoms with van der Waals surface area (Å²) in [6.07, 6.45) is 4.08. The fourth-order valence-electron chi connectivity index (χ4n) is 2.52. The van der Waals surface area contributed by atoms with Crippen LogP contribution in [-0.2, 0) is 10.0 Å². The van der Waals surface area contributed by atoms with E-state index in [0.29, 0.717) is 19.5 Å². The maximum atomic E-state index is 13.2. The third kappa shape index (κ3) is 3.10. The minimum absolute atomic E-state index is 0.00507. The van der Waals surface area contributed by atoms with Crippen LogP contribution in [0.2, 0.25) is 0 Å². The van der Waals surface area contributed by atoms with Crippen molar-refractivity contribution in [2.24, 2.45) is 0 Å². The Hall–Kier alpha value is -1.99. The maximum Gasteiger partial charge on any atom is 0.243 e. The predicted octanol–water partition coefficient (Wildman–Crippen LogP) is 2.10. The smallest absolute Gasteiger partial charge is 0.243 e. The highest BCUT2D eigenvalue weighted by molar-refractivity contribution is 7.89. The van der Waals surface area contributed by atoms with E-state index in [-0.39, 0.29) is 10.9 Å². The van der Waals surface area contributed by atoms with Crippen LogP contribution in [0.15, 0.2) is 53.7 Å². The number of nitrogens with one attached hydrogen (secondary N) is 1. The van der Waals surface area contributed by atoms with Crippen molar-refractivity contribution in [3.8, 4) is 0 Å². The van der Waals surface area contributed by atoms with E-state index in [0.717, 1.165) is 11.8 Å². The second-order valence-electron chi connectivity index (χ2n) is 5.19. The summed E-state index contributed by atoms with van der Waals surface area (Å²) in [5.41, 5.74) is 0.859. The number of pyridine rings is 1. The molecule has 7 heteroatoms. The standard InChI is InChI=1S/C15H16FN3O2S/c16-12-3-1-5-15(9-12)22(20,21)19-8-6-14(11-19)18-13-4-2-7-17-10-13/h1-5,7,9-10,14,18H,6,8,11H2. The average Bonchev–Trinajstić information content (AvgIpc) is 2.97. The van der Waals surface area contributed by atoms with Gasteiger partial charge in [-0.3, -0.25) is 4.98 Å². The molecule has 1 saturated heterocycles. The number of hydrogen-bond acceptors (Lipinski definition) is 4. The molecule has 1 aliphatic rings. The monoisotopic (exact) mass is 321 g/mol. The van der Waals surface area contributed by atoms with Crippen molar-refractivity contribution in [3.63, 3.8) is 0 Å². The van der Waals surface area contributed by atoms with E-state index in [9.17, 15) is 12.8 Å². The van der Waals surface area contributed by atoms with E-state index in [2.05, 4.69) is 10.3 Å². The lowest BCUT2D eigenvalue weighted by atomic mass is 10.2. The molecular weight excluding hydrogens is 305 g/mol. The number of anilines is 1. The minimum Gasteiger partial charge on any atom is -0.380 e. The molecule has 1 aromatic heterocycles. The van der Waals surface area contributed by atoms with Crippen LogP contribution in [0.1, 0.15) is 6.42 Å². The van der Waals surface area contributed by atoms with Gasteiger partial charge in [-0.05, 0) is 36.8 Å². The first-order valence-corrected chi connectivity index (χ1v) is 8.42. The van der Waals surface area contributed by atoms with Crippen LogP contribution in [0.4, 0.5) is 10.1 Å². The van der Waals surface area contributed by atoms with Crippen LogP contribution in [0.25, 0.3) is 0 Å². The van der Waals surface area contributed by atoms with Crippen LogP contribution in [0, 0.1) is 5.82 Å². The Balaban J connectivity index is 1.72. The summed E-state index contributed by atoms with van der Waals surface area (Å²) in [6.45, 7) is 0.768. The first-order valence-electron chi connectivity index (χ1n) is 6.98. The maximum absolute atomic E-state index is 13.2. The van der Waals surface area contributed by atoms with E-state index in [1.54, 1.807) is 12.4 Å². The van der Waals surface area contributed by atoms with Gasteiger partial charge in [0.05, 0.1) is 10.6 Å². The quantitative estimate of drug-likeness (QED) is 0.937. The fraction of sp³-hybridized carbons (Fsp3) is 0.267. The van der Waals surface area contributed by atoms with Gasteiger partial charge in [-0.2, -0.15) is 4.31 Å². The van der Waals surface area contributed by atoms with Crippen molar-refractivity contribution in [1.29, 1.82) is 0 Å². The van der Waals surface area contributed by atoms with Gasteiger partial charge in [0, 0.05) is 31.5 Å². The Morgan fingerprint density at radius 3 is 2.86 bits per heavy atom. The largest absolute Gasteiger partial charge is 0.380 e. The van der Waals surface area contributed by atoms with E-state index in [1.807, 2.05) is 12.1 Å². The van der Waals surface area contributed by atoms with E-state index >= 15 is 0 Å². The van der Waals surface area contributed by atoms with Crippen LogP contribution < -0.4 is 5.32 Å². The fourth-order valence-corrected chi connectivity index (χ4v) is 4.06. The Bertz CT molecular complexity index is 752. The molecule has 2 aromatic rings.